The van der Waals surface area contributed by atoms with Crippen molar-refractivity contribution < 1.29 is 69.6 Å². The molecule has 1 radical (unpaired) electrons. The van der Waals surface area contributed by atoms with Crippen molar-refractivity contribution in [3.63, 3.8) is 0 Å². The fraction of sp³-hybridized carbons (Fsp3) is 0. The first kappa shape index (κ1) is 82.6. The van der Waals surface area contributed by atoms with E-state index < -0.39 is 11.9 Å². The predicted octanol–water partition coefficient (Wildman–Crippen LogP) is -4.81. The molecule has 0 aliphatic rings. The summed E-state index contributed by atoms with van der Waals surface area (Å²) in [6.07, 6.45) is 0. The van der Waals surface area contributed by atoms with E-state index in [4.69, 9.17) is 19.8 Å². The first-order valence-electron chi connectivity index (χ1n) is 1.11. The number of hydrogen-bond donors (Lipinski definition) is 3. The van der Waals surface area contributed by atoms with Crippen molar-refractivity contribution >= 4 is 11.9 Å². The van der Waals surface area contributed by atoms with Gasteiger partial charge in [0.05, 0.1) is 0 Å². The molecular formula is C2H15NNbO9. The second-order valence-electron chi connectivity index (χ2n) is 0.610. The number of aliphatic carboxylic acids is 2. The Morgan fingerprint density at radius 3 is 0.769 bits per heavy atom. The number of rotatable bonds is 0. The minimum atomic E-state index is -1.82. The van der Waals surface area contributed by atoms with E-state index in [0.29, 0.717) is 0 Å². The molecule has 0 bridgehead atoms. The Balaban J connectivity index is -0.00000000595. The number of carboxylic acids is 2. The predicted molar refractivity (Wildman–Crippen MR) is 38.4 cm³/mol. The van der Waals surface area contributed by atoms with Gasteiger partial charge in [0.15, 0.2) is 0 Å². The molecule has 0 rings (SSSR count). The van der Waals surface area contributed by atoms with Crippen molar-refractivity contribution in [1.29, 1.82) is 0 Å². The van der Waals surface area contributed by atoms with Crippen molar-refractivity contribution in [2.24, 2.45) is 0 Å². The van der Waals surface area contributed by atoms with Gasteiger partial charge in [-0.25, -0.2) is 9.59 Å². The van der Waals surface area contributed by atoms with Crippen LogP contribution in [0.15, 0.2) is 0 Å². The molecule has 0 aromatic carbocycles. The Hall–Kier alpha value is -0.560. The second kappa shape index (κ2) is 42.1. The Morgan fingerprint density at radius 1 is 0.692 bits per heavy atom. The van der Waals surface area contributed by atoms with E-state index in [1.165, 1.54) is 0 Å². The molecule has 0 unspecified atom stereocenters. The van der Waals surface area contributed by atoms with Crippen LogP contribution in [-0.2, 0) is 32.0 Å². The molecule has 11 heteroatoms. The first-order valence-corrected chi connectivity index (χ1v) is 1.11. The van der Waals surface area contributed by atoms with E-state index in [0.717, 1.165) is 0 Å². The van der Waals surface area contributed by atoms with Crippen molar-refractivity contribution in [3.8, 4) is 0 Å². The van der Waals surface area contributed by atoms with Crippen molar-refractivity contribution in [2.45, 2.75) is 0 Å². The number of carbonyl (C=O) groups is 2. The molecule has 0 aliphatic carbocycles. The summed E-state index contributed by atoms with van der Waals surface area (Å²) in [5, 5.41) is 14.8. The van der Waals surface area contributed by atoms with Crippen LogP contribution >= 0.6 is 0 Å². The van der Waals surface area contributed by atoms with Gasteiger partial charge in [-0.1, -0.05) is 0 Å². The van der Waals surface area contributed by atoms with Gasteiger partial charge in [0, 0.05) is 22.4 Å². The Bertz CT molecular complexity index is 83.6. The van der Waals surface area contributed by atoms with Gasteiger partial charge in [0.1, 0.15) is 0 Å². The third-order valence-corrected chi connectivity index (χ3v) is 0.183. The van der Waals surface area contributed by atoms with E-state index in [1.54, 1.807) is 0 Å². The number of carboxylic acid groups (broad SMARTS) is 2. The van der Waals surface area contributed by atoms with E-state index >= 15 is 0 Å². The molecule has 87 valence electrons. The van der Waals surface area contributed by atoms with Gasteiger partial charge in [-0.2, -0.15) is 0 Å². The molecule has 0 heterocycles. The molecule has 0 aliphatic heterocycles. The van der Waals surface area contributed by atoms with Crippen molar-refractivity contribution in [1.82, 2.24) is 6.15 Å². The minimum Gasteiger partial charge on any atom is -0.473 e. The molecule has 0 atom stereocenters. The second-order valence-corrected chi connectivity index (χ2v) is 0.610. The van der Waals surface area contributed by atoms with Crippen LogP contribution < -0.4 is 6.15 Å². The standard InChI is InChI=1S/C2H2O4.H3N.Nb.5H2O/c3-1(4)2(5)6;;;;;;;/h(H,3,4)(H,5,6);1H3;;5*1H2. The zero-order valence-corrected chi connectivity index (χ0v) is 8.56. The Labute approximate surface area is 88.2 Å². The van der Waals surface area contributed by atoms with Crippen LogP contribution in [0.5, 0.6) is 0 Å². The zero-order valence-electron chi connectivity index (χ0n) is 6.37. The van der Waals surface area contributed by atoms with E-state index in [1.807, 2.05) is 0 Å². The van der Waals surface area contributed by atoms with Crippen molar-refractivity contribution in [3.05, 3.63) is 0 Å². The molecule has 0 fully saturated rings. The third kappa shape index (κ3) is 86.1. The summed E-state index contributed by atoms with van der Waals surface area (Å²) < 4.78 is 0. The van der Waals surface area contributed by atoms with Crippen LogP contribution in [0.2, 0.25) is 0 Å². The Morgan fingerprint density at radius 2 is 0.769 bits per heavy atom. The molecule has 13 heavy (non-hydrogen) atoms. The van der Waals surface area contributed by atoms with Gasteiger partial charge in [-0.15, -0.1) is 0 Å². The summed E-state index contributed by atoms with van der Waals surface area (Å²) in [5.74, 6) is -3.65. The number of hydrogen-bond acceptors (Lipinski definition) is 3. The third-order valence-electron chi connectivity index (χ3n) is 0.183. The topological polar surface area (TPSA) is 267 Å². The summed E-state index contributed by atoms with van der Waals surface area (Å²) in [6.45, 7) is 0. The van der Waals surface area contributed by atoms with Gasteiger partial charge in [0.25, 0.3) is 0 Å². The van der Waals surface area contributed by atoms with Gasteiger partial charge < -0.3 is 43.7 Å². The van der Waals surface area contributed by atoms with E-state index in [-0.39, 0.29) is 55.9 Å². The first-order chi connectivity index (χ1) is 2.64. The quantitative estimate of drug-likeness (QED) is 0.291. The van der Waals surface area contributed by atoms with Gasteiger partial charge in [-0.3, -0.25) is 0 Å². The van der Waals surface area contributed by atoms with Crippen molar-refractivity contribution in [2.75, 3.05) is 0 Å². The fourth-order valence-corrected chi connectivity index (χ4v) is 0. The van der Waals surface area contributed by atoms with E-state index in [2.05, 4.69) is 0 Å². The summed E-state index contributed by atoms with van der Waals surface area (Å²) in [7, 11) is 0. The largest absolute Gasteiger partial charge is 0.473 e. The zero-order chi connectivity index (χ0) is 5.15. The Kier molecular flexibility index (Phi) is 268. The monoisotopic (exact) mass is 290 g/mol. The maximum absolute atomic E-state index is 9.10. The minimum absolute atomic E-state index is 0. The molecule has 0 saturated heterocycles. The van der Waals surface area contributed by atoms with Gasteiger partial charge in [-0.05, 0) is 0 Å². The van der Waals surface area contributed by atoms with Gasteiger partial charge in [0.2, 0.25) is 0 Å². The van der Waals surface area contributed by atoms with Gasteiger partial charge >= 0.3 is 11.9 Å². The summed E-state index contributed by atoms with van der Waals surface area (Å²) >= 11 is 0. The molecular weight excluding hydrogens is 275 g/mol. The maximum atomic E-state index is 9.10. The molecule has 0 aromatic rings. The van der Waals surface area contributed by atoms with Crippen LogP contribution in [0.4, 0.5) is 0 Å². The van der Waals surface area contributed by atoms with Crippen LogP contribution in [0.3, 0.4) is 0 Å². The fourth-order valence-electron chi connectivity index (χ4n) is 0. The summed E-state index contributed by atoms with van der Waals surface area (Å²) in [5.41, 5.74) is 0. The van der Waals surface area contributed by atoms with Crippen LogP contribution in [0, 0.1) is 0 Å². The molecule has 15 N–H and O–H groups in total. The molecule has 0 saturated carbocycles. The average molecular weight is 290 g/mol. The maximum Gasteiger partial charge on any atom is 0.414 e. The molecule has 0 aromatic heterocycles. The average Bonchev–Trinajstić information content (AvgIpc) is 1.36. The van der Waals surface area contributed by atoms with Crippen LogP contribution in [0.1, 0.15) is 0 Å². The summed E-state index contributed by atoms with van der Waals surface area (Å²) in [4.78, 5) is 18.2. The molecule has 10 nitrogen and oxygen atoms in total. The smallest absolute Gasteiger partial charge is 0.414 e. The van der Waals surface area contributed by atoms with Crippen LogP contribution in [-0.4, -0.2) is 49.5 Å². The molecule has 0 amide bonds. The summed E-state index contributed by atoms with van der Waals surface area (Å²) in [6, 6.07) is 0. The SMILES string of the molecule is N.O.O.O.O.O.O=C(O)C(=O)O.[Nb]. The van der Waals surface area contributed by atoms with E-state index in [9.17, 15) is 0 Å². The molecule has 0 spiro atoms. The van der Waals surface area contributed by atoms with Crippen LogP contribution in [0.25, 0.3) is 0 Å². The normalized spacial score (nSPS) is 3.38.